The van der Waals surface area contributed by atoms with E-state index in [4.69, 9.17) is 5.11 Å². The first-order chi connectivity index (χ1) is 9.66. The number of nitrogens with zero attached hydrogens (tertiary/aromatic N) is 1. The lowest BCUT2D eigenvalue weighted by atomic mass is 9.80. The zero-order valence-electron chi connectivity index (χ0n) is 11.4. The summed E-state index contributed by atoms with van der Waals surface area (Å²) >= 11 is 0. The van der Waals surface area contributed by atoms with E-state index in [0.29, 0.717) is 24.4 Å². The maximum Gasteiger partial charge on any atom is 0.326 e. The highest BCUT2D eigenvalue weighted by Gasteiger charge is 2.34. The zero-order valence-corrected chi connectivity index (χ0v) is 11.4. The lowest BCUT2D eigenvalue weighted by Gasteiger charge is -2.26. The van der Waals surface area contributed by atoms with Crippen LogP contribution in [0.1, 0.15) is 53.9 Å². The van der Waals surface area contributed by atoms with Crippen LogP contribution in [-0.2, 0) is 4.79 Å². The largest absolute Gasteiger partial charge is 0.480 e. The monoisotopic (exact) mass is 273 g/mol. The molecule has 1 aliphatic carbocycles. The number of carbonyl (C=O) groups excluding carboxylic acids is 1. The topological polar surface area (TPSA) is 57.6 Å². The molecular weight excluding hydrogens is 254 g/mol. The Kier molecular flexibility index (Phi) is 3.47. The van der Waals surface area contributed by atoms with Crippen molar-refractivity contribution < 1.29 is 14.7 Å². The quantitative estimate of drug-likeness (QED) is 0.921. The minimum atomic E-state index is -0.901. The molecule has 4 heteroatoms. The molecule has 3 rings (SSSR count). The van der Waals surface area contributed by atoms with Gasteiger partial charge in [0, 0.05) is 12.1 Å². The van der Waals surface area contributed by atoms with Gasteiger partial charge in [0.1, 0.15) is 6.04 Å². The second-order valence-electron chi connectivity index (χ2n) is 5.74. The molecule has 1 saturated carbocycles. The fourth-order valence-electron chi connectivity index (χ4n) is 3.07. The molecule has 4 nitrogen and oxygen atoms in total. The first-order valence-corrected chi connectivity index (χ1v) is 7.30. The third-order valence-electron chi connectivity index (χ3n) is 4.53. The number of carboxylic acid groups (broad SMARTS) is 1. The van der Waals surface area contributed by atoms with Crippen LogP contribution in [0.15, 0.2) is 24.3 Å². The Hall–Kier alpha value is -1.84. The van der Waals surface area contributed by atoms with Gasteiger partial charge in [-0.2, -0.15) is 0 Å². The van der Waals surface area contributed by atoms with Crippen molar-refractivity contribution in [2.75, 3.05) is 6.54 Å². The minimum Gasteiger partial charge on any atom is -0.480 e. The molecule has 1 aromatic carbocycles. The molecule has 1 atom stereocenters. The van der Waals surface area contributed by atoms with E-state index in [1.807, 2.05) is 24.3 Å². The Morgan fingerprint density at radius 2 is 1.75 bits per heavy atom. The van der Waals surface area contributed by atoms with Crippen LogP contribution in [0.2, 0.25) is 0 Å². The molecule has 1 saturated heterocycles. The zero-order chi connectivity index (χ0) is 14.1. The first kappa shape index (κ1) is 13.2. The smallest absolute Gasteiger partial charge is 0.326 e. The predicted octanol–water partition coefficient (Wildman–Crippen LogP) is 2.64. The van der Waals surface area contributed by atoms with Crippen molar-refractivity contribution in [3.63, 3.8) is 0 Å². The molecule has 1 unspecified atom stereocenters. The summed E-state index contributed by atoms with van der Waals surface area (Å²) in [5, 5.41) is 9.14. The lowest BCUT2D eigenvalue weighted by Crippen LogP contribution is -2.40. The molecule has 106 valence electrons. The molecular formula is C16H19NO3. The van der Waals surface area contributed by atoms with Crippen molar-refractivity contribution in [2.45, 2.75) is 44.1 Å². The Labute approximate surface area is 118 Å². The van der Waals surface area contributed by atoms with Crippen LogP contribution in [0, 0.1) is 0 Å². The van der Waals surface area contributed by atoms with E-state index >= 15 is 0 Å². The first-order valence-electron chi connectivity index (χ1n) is 7.30. The highest BCUT2D eigenvalue weighted by molar-refractivity contribution is 5.97. The van der Waals surface area contributed by atoms with E-state index < -0.39 is 12.0 Å². The number of benzene rings is 1. The number of likely N-dealkylation sites (tertiary alicyclic amines) is 1. The van der Waals surface area contributed by atoms with Crippen LogP contribution in [0.5, 0.6) is 0 Å². The highest BCUT2D eigenvalue weighted by atomic mass is 16.4. The Bertz CT molecular complexity index is 519. The second-order valence-corrected chi connectivity index (χ2v) is 5.74. The number of carboxylic acids is 1. The van der Waals surface area contributed by atoms with Gasteiger partial charge in [0.25, 0.3) is 5.91 Å². The SMILES string of the molecule is O=C(O)C1CCCN1C(=O)c1ccc(C2CCC2)cc1. The van der Waals surface area contributed by atoms with Gasteiger partial charge >= 0.3 is 5.97 Å². The molecule has 20 heavy (non-hydrogen) atoms. The fourth-order valence-corrected chi connectivity index (χ4v) is 3.07. The van der Waals surface area contributed by atoms with Gasteiger partial charge in [-0.15, -0.1) is 0 Å². The summed E-state index contributed by atoms with van der Waals surface area (Å²) in [4.78, 5) is 25.0. The van der Waals surface area contributed by atoms with Gasteiger partial charge in [0.2, 0.25) is 0 Å². The molecule has 0 spiro atoms. The van der Waals surface area contributed by atoms with Gasteiger partial charge in [-0.3, -0.25) is 4.79 Å². The summed E-state index contributed by atoms with van der Waals surface area (Å²) in [7, 11) is 0. The summed E-state index contributed by atoms with van der Waals surface area (Å²) in [5.41, 5.74) is 1.89. The number of amides is 1. The van der Waals surface area contributed by atoms with E-state index in [1.165, 1.54) is 29.7 Å². The number of rotatable bonds is 3. The van der Waals surface area contributed by atoms with Gasteiger partial charge in [-0.25, -0.2) is 4.79 Å². The number of aliphatic carboxylic acids is 1. The summed E-state index contributed by atoms with van der Waals surface area (Å²) in [6.45, 7) is 0.542. The van der Waals surface area contributed by atoms with Crippen LogP contribution in [0.25, 0.3) is 0 Å². The van der Waals surface area contributed by atoms with Crippen LogP contribution < -0.4 is 0 Å². The fraction of sp³-hybridized carbons (Fsp3) is 0.500. The molecule has 2 aliphatic rings. The average Bonchev–Trinajstić information content (AvgIpc) is 2.86. The molecule has 0 aromatic heterocycles. The van der Waals surface area contributed by atoms with Gasteiger partial charge in [0.15, 0.2) is 0 Å². The normalized spacial score (nSPS) is 22.6. The van der Waals surface area contributed by atoms with E-state index in [1.54, 1.807) is 0 Å². The van der Waals surface area contributed by atoms with Gasteiger partial charge < -0.3 is 10.0 Å². The molecule has 0 bridgehead atoms. The molecule has 1 heterocycles. The van der Waals surface area contributed by atoms with Crippen LogP contribution >= 0.6 is 0 Å². The average molecular weight is 273 g/mol. The molecule has 1 aliphatic heterocycles. The van der Waals surface area contributed by atoms with Crippen molar-refractivity contribution in [3.8, 4) is 0 Å². The third kappa shape index (κ3) is 2.30. The summed E-state index contributed by atoms with van der Waals surface area (Å²) in [5.74, 6) is -0.408. The lowest BCUT2D eigenvalue weighted by molar-refractivity contribution is -0.141. The Morgan fingerprint density at radius 3 is 2.30 bits per heavy atom. The van der Waals surface area contributed by atoms with Crippen LogP contribution in [0.3, 0.4) is 0 Å². The van der Waals surface area contributed by atoms with Gasteiger partial charge in [0.05, 0.1) is 0 Å². The Morgan fingerprint density at radius 1 is 1.05 bits per heavy atom. The second kappa shape index (κ2) is 5.27. The van der Waals surface area contributed by atoms with Gasteiger partial charge in [-0.1, -0.05) is 18.6 Å². The third-order valence-corrected chi connectivity index (χ3v) is 4.53. The summed E-state index contributed by atoms with van der Waals surface area (Å²) < 4.78 is 0. The summed E-state index contributed by atoms with van der Waals surface area (Å²) in [6, 6.07) is 7.06. The number of hydrogen-bond acceptors (Lipinski definition) is 2. The molecule has 2 fully saturated rings. The molecule has 0 radical (unpaired) electrons. The minimum absolute atomic E-state index is 0.157. The molecule has 1 aromatic rings. The maximum absolute atomic E-state index is 12.4. The number of carbonyl (C=O) groups is 2. The maximum atomic E-state index is 12.4. The van der Waals surface area contributed by atoms with Crippen molar-refractivity contribution in [2.24, 2.45) is 0 Å². The van der Waals surface area contributed by atoms with E-state index in [9.17, 15) is 9.59 Å². The van der Waals surface area contributed by atoms with Crippen LogP contribution in [0.4, 0.5) is 0 Å². The van der Waals surface area contributed by atoms with Crippen molar-refractivity contribution in [1.29, 1.82) is 0 Å². The Balaban J connectivity index is 1.74. The molecule has 1 N–H and O–H groups in total. The van der Waals surface area contributed by atoms with E-state index in [2.05, 4.69) is 0 Å². The predicted molar refractivity (Wildman–Crippen MR) is 74.7 cm³/mol. The van der Waals surface area contributed by atoms with E-state index in [0.717, 1.165) is 6.42 Å². The van der Waals surface area contributed by atoms with Gasteiger partial charge in [-0.05, 0) is 49.3 Å². The van der Waals surface area contributed by atoms with Crippen molar-refractivity contribution in [3.05, 3.63) is 35.4 Å². The highest BCUT2D eigenvalue weighted by Crippen LogP contribution is 2.36. The van der Waals surface area contributed by atoms with E-state index in [-0.39, 0.29) is 5.91 Å². The van der Waals surface area contributed by atoms with Crippen molar-refractivity contribution in [1.82, 2.24) is 4.90 Å². The van der Waals surface area contributed by atoms with Crippen LogP contribution in [-0.4, -0.2) is 34.5 Å². The molecule has 1 amide bonds. The standard InChI is InChI=1S/C16H19NO3/c18-15(17-10-2-5-14(17)16(19)20)13-8-6-12(7-9-13)11-3-1-4-11/h6-9,11,14H,1-5,10H2,(H,19,20). The van der Waals surface area contributed by atoms with Crippen molar-refractivity contribution >= 4 is 11.9 Å². The number of hydrogen-bond donors (Lipinski definition) is 1. The summed E-state index contributed by atoms with van der Waals surface area (Å²) in [6.07, 6.45) is 5.09.